The van der Waals surface area contributed by atoms with Gasteiger partial charge in [0.2, 0.25) is 0 Å². The van der Waals surface area contributed by atoms with Gasteiger partial charge in [0.05, 0.1) is 12.7 Å². The van der Waals surface area contributed by atoms with Crippen LogP contribution in [0.4, 0.5) is 13.2 Å². The Balaban J connectivity index is 0.000000454. The molecule has 3 N–H and O–H groups in total. The molecule has 0 saturated heterocycles. The molecule has 0 aliphatic heterocycles. The number of aromatic amines is 2. The molecule has 0 amide bonds. The number of aromatic carboxylic acids is 1. The molecule has 0 radical (unpaired) electrons. The fraction of sp³-hybridized carbons (Fsp3) is 0.125. The molecule has 4 rings (SSSR count). The zero-order valence-electron chi connectivity index (χ0n) is 18.6. The van der Waals surface area contributed by atoms with Gasteiger partial charge in [0.25, 0.3) is 0 Å². The Labute approximate surface area is 206 Å². The van der Waals surface area contributed by atoms with Gasteiger partial charge in [-0.2, -0.15) is 13.2 Å². The summed E-state index contributed by atoms with van der Waals surface area (Å²) in [6, 6.07) is 16.4. The smallest absolute Gasteiger partial charge is 0.430 e. The number of H-pyrrole nitrogens is 2. The monoisotopic (exact) mass is 520 g/mol. The molecule has 2 aromatic heterocycles. The lowest BCUT2D eigenvalue weighted by Gasteiger charge is -2.03. The van der Waals surface area contributed by atoms with Gasteiger partial charge in [-0.3, -0.25) is 0 Å². The van der Waals surface area contributed by atoms with Crippen LogP contribution in [-0.4, -0.2) is 35.3 Å². The molecule has 188 valence electrons. The number of benzene rings is 2. The SMILES string of the molecule is COc1cccc(-c2cc(CSc3[nH]cc[nH+]3)c(-c3ccc(C(=O)O)cc3)o2)c1.O=C([O-])C(F)(F)F. The molecule has 0 spiro atoms. The number of aromatic nitrogens is 2. The van der Waals surface area contributed by atoms with Crippen molar-refractivity contribution >= 4 is 23.7 Å². The Kier molecular flexibility index (Phi) is 8.43. The van der Waals surface area contributed by atoms with Gasteiger partial charge in [0.1, 0.15) is 35.6 Å². The summed E-state index contributed by atoms with van der Waals surface area (Å²) in [6.45, 7) is 0. The van der Waals surface area contributed by atoms with Crippen LogP contribution in [-0.2, 0) is 10.5 Å². The van der Waals surface area contributed by atoms with E-state index in [2.05, 4.69) is 9.97 Å². The van der Waals surface area contributed by atoms with Crippen molar-refractivity contribution in [2.24, 2.45) is 0 Å². The van der Waals surface area contributed by atoms with Crippen molar-refractivity contribution in [2.75, 3.05) is 7.11 Å². The number of ether oxygens (including phenoxy) is 1. The van der Waals surface area contributed by atoms with Crippen molar-refractivity contribution in [2.45, 2.75) is 17.1 Å². The number of nitrogens with one attached hydrogen (secondary N) is 2. The van der Waals surface area contributed by atoms with Gasteiger partial charge >= 0.3 is 17.3 Å². The maximum absolute atomic E-state index is 11.2. The topological polar surface area (TPSA) is 130 Å². The highest BCUT2D eigenvalue weighted by Crippen LogP contribution is 2.36. The molecular formula is C24H19F3N2O6S. The van der Waals surface area contributed by atoms with E-state index < -0.39 is 18.1 Å². The first-order valence-electron chi connectivity index (χ1n) is 10.2. The molecule has 2 heterocycles. The number of carbonyl (C=O) groups is 2. The lowest BCUT2D eigenvalue weighted by atomic mass is 10.1. The van der Waals surface area contributed by atoms with Crippen molar-refractivity contribution in [3.05, 3.63) is 78.1 Å². The van der Waals surface area contributed by atoms with Crippen molar-refractivity contribution < 1.29 is 47.1 Å². The van der Waals surface area contributed by atoms with Crippen LogP contribution in [0.15, 0.2) is 76.6 Å². The van der Waals surface area contributed by atoms with Crippen LogP contribution in [0.3, 0.4) is 0 Å². The highest BCUT2D eigenvalue weighted by atomic mass is 32.2. The highest BCUT2D eigenvalue weighted by molar-refractivity contribution is 7.98. The Morgan fingerprint density at radius 3 is 2.39 bits per heavy atom. The molecule has 0 aliphatic carbocycles. The van der Waals surface area contributed by atoms with Crippen LogP contribution in [0.2, 0.25) is 0 Å². The molecule has 36 heavy (non-hydrogen) atoms. The minimum atomic E-state index is -5.19. The van der Waals surface area contributed by atoms with Crippen LogP contribution >= 0.6 is 11.8 Å². The molecule has 0 atom stereocenters. The van der Waals surface area contributed by atoms with Gasteiger partial charge < -0.3 is 24.2 Å². The van der Waals surface area contributed by atoms with Crippen LogP contribution in [0.5, 0.6) is 5.75 Å². The summed E-state index contributed by atoms with van der Waals surface area (Å²) in [5.41, 5.74) is 3.00. The maximum atomic E-state index is 11.2. The quantitative estimate of drug-likeness (QED) is 0.352. The second-order valence-corrected chi connectivity index (χ2v) is 8.09. The van der Waals surface area contributed by atoms with Crippen LogP contribution in [0.1, 0.15) is 15.9 Å². The van der Waals surface area contributed by atoms with Gasteiger partial charge in [-0.15, -0.1) is 0 Å². The summed E-state index contributed by atoms with van der Waals surface area (Å²) in [5, 5.41) is 18.9. The van der Waals surface area contributed by atoms with E-state index in [-0.39, 0.29) is 5.56 Å². The van der Waals surface area contributed by atoms with E-state index in [0.29, 0.717) is 5.75 Å². The number of carbonyl (C=O) groups excluding carboxylic acids is 1. The first-order valence-corrected chi connectivity index (χ1v) is 11.1. The molecular weight excluding hydrogens is 501 g/mol. The highest BCUT2D eigenvalue weighted by Gasteiger charge is 2.28. The number of imidazole rings is 1. The number of aliphatic carboxylic acids is 1. The van der Waals surface area contributed by atoms with E-state index in [4.69, 9.17) is 24.2 Å². The Morgan fingerprint density at radius 1 is 1.14 bits per heavy atom. The summed E-state index contributed by atoms with van der Waals surface area (Å²) in [7, 11) is 1.63. The molecule has 8 nitrogen and oxygen atoms in total. The number of furan rings is 1. The number of halogens is 3. The minimum Gasteiger partial charge on any atom is -0.542 e. The fourth-order valence-corrected chi connectivity index (χ4v) is 3.79. The first kappa shape index (κ1) is 26.4. The second-order valence-electron chi connectivity index (χ2n) is 7.10. The minimum absolute atomic E-state index is 0.241. The summed E-state index contributed by atoms with van der Waals surface area (Å²) in [4.78, 5) is 26.2. The number of rotatable bonds is 7. The lowest BCUT2D eigenvalue weighted by Crippen LogP contribution is -2.37. The number of hydrogen-bond donors (Lipinski definition) is 2. The third-order valence-electron chi connectivity index (χ3n) is 4.67. The van der Waals surface area contributed by atoms with Crippen LogP contribution in [0.25, 0.3) is 22.6 Å². The van der Waals surface area contributed by atoms with Crippen LogP contribution < -0.4 is 14.8 Å². The molecule has 0 bridgehead atoms. The largest absolute Gasteiger partial charge is 0.542 e. The average Bonchev–Trinajstić information content (AvgIpc) is 3.53. The van der Waals surface area contributed by atoms with Crippen molar-refractivity contribution in [3.63, 3.8) is 0 Å². The molecule has 0 aliphatic rings. The molecule has 0 unspecified atom stereocenters. The standard InChI is InChI=1S/C22H18N2O4S.C2HF3O2/c1-27-18-4-2-3-16(11-18)19-12-17(13-29-22-23-9-10-24-22)20(28-19)14-5-7-15(8-6-14)21(25)26;3-2(4,5)1(6)7/h2-12H,13H2,1H3,(H,23,24)(H,25,26);(H,6,7). The first-order chi connectivity index (χ1) is 17.1. The van der Waals surface area contributed by atoms with Crippen LogP contribution in [0, 0.1) is 0 Å². The molecule has 2 aromatic carbocycles. The molecule has 12 heteroatoms. The molecule has 4 aromatic rings. The fourth-order valence-electron chi connectivity index (χ4n) is 2.97. The number of methoxy groups -OCH3 is 1. The van der Waals surface area contributed by atoms with E-state index in [0.717, 1.165) is 39.1 Å². The van der Waals surface area contributed by atoms with Gasteiger partial charge in [-0.05, 0) is 42.1 Å². The molecule has 0 saturated carbocycles. The van der Waals surface area contributed by atoms with Gasteiger partial charge in [0, 0.05) is 22.4 Å². The van der Waals surface area contributed by atoms with E-state index in [1.165, 1.54) is 0 Å². The van der Waals surface area contributed by atoms with E-state index in [9.17, 15) is 18.0 Å². The van der Waals surface area contributed by atoms with E-state index >= 15 is 0 Å². The average molecular weight is 520 g/mol. The van der Waals surface area contributed by atoms with E-state index in [1.54, 1.807) is 43.1 Å². The predicted octanol–water partition coefficient (Wildman–Crippen LogP) is 4.05. The molecule has 0 fully saturated rings. The number of hydrogen-bond acceptors (Lipinski definition) is 6. The number of thioether (sulfide) groups is 1. The van der Waals surface area contributed by atoms with Crippen molar-refractivity contribution in [1.29, 1.82) is 0 Å². The zero-order valence-corrected chi connectivity index (χ0v) is 19.4. The Morgan fingerprint density at radius 2 is 1.83 bits per heavy atom. The van der Waals surface area contributed by atoms with Crippen molar-refractivity contribution in [1.82, 2.24) is 4.98 Å². The predicted molar refractivity (Wildman–Crippen MR) is 121 cm³/mol. The zero-order chi connectivity index (χ0) is 26.3. The number of carboxylic acids is 2. The summed E-state index contributed by atoms with van der Waals surface area (Å²) in [5.74, 6) is -1.08. The summed E-state index contributed by atoms with van der Waals surface area (Å²) < 4.78 is 43.1. The third-order valence-corrected chi connectivity index (χ3v) is 5.65. The Bertz CT molecular complexity index is 1320. The Hall–Kier alpha value is -4.19. The third kappa shape index (κ3) is 6.92. The lowest BCUT2D eigenvalue weighted by molar-refractivity contribution is -0.425. The van der Waals surface area contributed by atoms with Gasteiger partial charge in [0.15, 0.2) is 0 Å². The van der Waals surface area contributed by atoms with Gasteiger partial charge in [-0.1, -0.05) is 24.3 Å². The summed E-state index contributed by atoms with van der Waals surface area (Å²) in [6.07, 6.45) is -1.52. The maximum Gasteiger partial charge on any atom is 0.430 e. The number of alkyl halides is 3. The van der Waals surface area contributed by atoms with Crippen molar-refractivity contribution in [3.8, 4) is 28.4 Å². The second kappa shape index (κ2) is 11.5. The number of carboxylic acid groups (broad SMARTS) is 2. The van der Waals surface area contributed by atoms with Gasteiger partial charge in [-0.25, -0.2) is 14.8 Å². The summed E-state index contributed by atoms with van der Waals surface area (Å²) >= 11 is 1.62. The normalized spacial score (nSPS) is 10.9. The van der Waals surface area contributed by atoms with E-state index in [1.807, 2.05) is 42.7 Å².